The number of carbonyl (C=O) groups is 1. The van der Waals surface area contributed by atoms with Crippen molar-refractivity contribution in [2.75, 3.05) is 6.26 Å². The molecule has 1 saturated carbocycles. The molecule has 1 fully saturated rings. The summed E-state index contributed by atoms with van der Waals surface area (Å²) in [4.78, 5) is 29.6. The van der Waals surface area contributed by atoms with E-state index < -0.39 is 37.6 Å². The van der Waals surface area contributed by atoms with Crippen molar-refractivity contribution in [3.05, 3.63) is 64.2 Å². The number of aryl methyl sites for hydroxylation is 2. The summed E-state index contributed by atoms with van der Waals surface area (Å²) < 4.78 is 54.1. The summed E-state index contributed by atoms with van der Waals surface area (Å²) in [5.74, 6) is -1.00. The first-order chi connectivity index (χ1) is 16.9. The highest BCUT2D eigenvalue weighted by Crippen LogP contribution is 2.34. The summed E-state index contributed by atoms with van der Waals surface area (Å²) in [5, 5.41) is -0.0110. The van der Waals surface area contributed by atoms with Crippen LogP contribution in [0.5, 0.6) is 0 Å². The summed E-state index contributed by atoms with van der Waals surface area (Å²) in [6.45, 7) is 2.85. The van der Waals surface area contributed by atoms with Crippen molar-refractivity contribution in [2.45, 2.75) is 63.7 Å². The van der Waals surface area contributed by atoms with Gasteiger partial charge in [-0.05, 0) is 55.9 Å². The van der Waals surface area contributed by atoms with Gasteiger partial charge in [0.15, 0.2) is 15.6 Å². The Morgan fingerprint density at radius 3 is 2.44 bits per heavy atom. The van der Waals surface area contributed by atoms with E-state index >= 15 is 4.39 Å². The van der Waals surface area contributed by atoms with Crippen LogP contribution in [0.1, 0.15) is 51.5 Å². The fraction of sp³-hybridized carbons (Fsp3) is 0.444. The molecule has 36 heavy (non-hydrogen) atoms. The molecular weight excluding hydrogens is 486 g/mol. The molecule has 0 spiro atoms. The number of aromatic nitrogens is 2. The minimum atomic E-state index is -3.74. The van der Waals surface area contributed by atoms with Gasteiger partial charge in [-0.15, -0.1) is 0 Å². The molecule has 6 nitrogen and oxygen atoms in total. The molecule has 1 heterocycles. The third kappa shape index (κ3) is 5.12. The zero-order valence-electron chi connectivity index (χ0n) is 20.7. The Labute approximate surface area is 209 Å². The highest BCUT2D eigenvalue weighted by Gasteiger charge is 2.41. The SMILES string of the molecule is CCC(=O)[C@@](C)(CCn1cnc2cc(-c3ccc(CCC4CC4)cc3F)c(F)cc2c1=O)S(C)(=O)=O. The van der Waals surface area contributed by atoms with Crippen molar-refractivity contribution < 1.29 is 22.0 Å². The Balaban J connectivity index is 1.63. The monoisotopic (exact) mass is 516 g/mol. The third-order valence-electron chi connectivity index (χ3n) is 7.33. The van der Waals surface area contributed by atoms with Crippen LogP contribution >= 0.6 is 0 Å². The van der Waals surface area contributed by atoms with Crippen molar-refractivity contribution in [3.63, 3.8) is 0 Å². The van der Waals surface area contributed by atoms with E-state index in [1.165, 1.54) is 42.8 Å². The zero-order valence-corrected chi connectivity index (χ0v) is 21.5. The quantitative estimate of drug-likeness (QED) is 0.384. The van der Waals surface area contributed by atoms with Crippen LogP contribution < -0.4 is 5.56 Å². The van der Waals surface area contributed by atoms with Gasteiger partial charge in [-0.25, -0.2) is 22.2 Å². The van der Waals surface area contributed by atoms with Gasteiger partial charge in [0.2, 0.25) is 0 Å². The van der Waals surface area contributed by atoms with Gasteiger partial charge < -0.3 is 0 Å². The molecule has 0 amide bonds. The van der Waals surface area contributed by atoms with Crippen molar-refractivity contribution in [2.24, 2.45) is 5.92 Å². The topological polar surface area (TPSA) is 86.1 Å². The van der Waals surface area contributed by atoms with Crippen LogP contribution in [-0.2, 0) is 27.6 Å². The largest absolute Gasteiger partial charge is 0.299 e. The molecule has 4 rings (SSSR count). The molecule has 1 aliphatic rings. The number of sulfone groups is 1. The molecule has 3 aromatic rings. The normalized spacial score (nSPS) is 15.7. The van der Waals surface area contributed by atoms with E-state index in [1.54, 1.807) is 19.1 Å². The van der Waals surface area contributed by atoms with Gasteiger partial charge in [0.05, 0.1) is 17.2 Å². The lowest BCUT2D eigenvalue weighted by Gasteiger charge is -2.26. The number of Topliss-reactive ketones (excluding diaryl/α,β-unsaturated/α-hetero) is 1. The number of carbonyl (C=O) groups excluding carboxylic acids is 1. The second kappa shape index (κ2) is 9.84. The van der Waals surface area contributed by atoms with Gasteiger partial charge in [0.25, 0.3) is 5.56 Å². The molecule has 0 bridgehead atoms. The molecule has 1 aromatic heterocycles. The molecule has 2 aromatic carbocycles. The second-order valence-corrected chi connectivity index (χ2v) is 12.4. The maximum atomic E-state index is 15.1. The van der Waals surface area contributed by atoms with Gasteiger partial charge >= 0.3 is 0 Å². The Kier molecular flexibility index (Phi) is 7.14. The minimum Gasteiger partial charge on any atom is -0.299 e. The number of halogens is 2. The predicted molar refractivity (Wildman–Crippen MR) is 136 cm³/mol. The van der Waals surface area contributed by atoms with E-state index in [2.05, 4.69) is 4.98 Å². The molecule has 9 heteroatoms. The third-order valence-corrected chi connectivity index (χ3v) is 9.40. The van der Waals surface area contributed by atoms with E-state index in [-0.39, 0.29) is 41.4 Å². The Morgan fingerprint density at radius 1 is 1.14 bits per heavy atom. The number of rotatable bonds is 10. The summed E-state index contributed by atoms with van der Waals surface area (Å²) in [5.41, 5.74) is 0.601. The van der Waals surface area contributed by atoms with Crippen LogP contribution in [0.4, 0.5) is 8.78 Å². The number of ketones is 1. The highest BCUT2D eigenvalue weighted by molar-refractivity contribution is 7.92. The summed E-state index contributed by atoms with van der Waals surface area (Å²) in [6.07, 6.45) is 6.42. The Hall–Kier alpha value is -2.94. The molecule has 0 saturated heterocycles. The molecule has 0 unspecified atom stereocenters. The molecule has 0 aliphatic heterocycles. The molecule has 0 radical (unpaired) electrons. The lowest BCUT2D eigenvalue weighted by molar-refractivity contribution is -0.121. The first kappa shape index (κ1) is 26.1. The van der Waals surface area contributed by atoms with Crippen LogP contribution in [0.3, 0.4) is 0 Å². The average molecular weight is 517 g/mol. The summed E-state index contributed by atoms with van der Waals surface area (Å²) >= 11 is 0. The first-order valence-corrected chi connectivity index (χ1v) is 14.0. The van der Waals surface area contributed by atoms with Crippen molar-refractivity contribution in [3.8, 4) is 11.1 Å². The summed E-state index contributed by atoms with van der Waals surface area (Å²) in [6, 6.07) is 7.17. The number of hydrogen-bond acceptors (Lipinski definition) is 5. The smallest absolute Gasteiger partial charge is 0.261 e. The molecule has 0 N–H and O–H groups in total. The lowest BCUT2D eigenvalue weighted by atomic mass is 9.99. The number of nitrogens with zero attached hydrogens (tertiary/aromatic N) is 2. The van der Waals surface area contributed by atoms with Crippen LogP contribution in [0, 0.1) is 17.6 Å². The van der Waals surface area contributed by atoms with Gasteiger partial charge in [0.1, 0.15) is 16.4 Å². The van der Waals surface area contributed by atoms with Crippen LogP contribution in [0.25, 0.3) is 22.0 Å². The van der Waals surface area contributed by atoms with Crippen molar-refractivity contribution in [1.29, 1.82) is 0 Å². The van der Waals surface area contributed by atoms with E-state index in [0.29, 0.717) is 0 Å². The molecule has 1 atom stereocenters. The van der Waals surface area contributed by atoms with Crippen molar-refractivity contribution in [1.82, 2.24) is 9.55 Å². The van der Waals surface area contributed by atoms with E-state index in [9.17, 15) is 22.4 Å². The van der Waals surface area contributed by atoms with E-state index in [0.717, 1.165) is 36.6 Å². The molecular formula is C27H30F2N2O4S. The van der Waals surface area contributed by atoms with Crippen LogP contribution in [-0.4, -0.2) is 34.8 Å². The minimum absolute atomic E-state index is 0.0107. The summed E-state index contributed by atoms with van der Waals surface area (Å²) in [7, 11) is -3.74. The lowest BCUT2D eigenvalue weighted by Crippen LogP contribution is -2.44. The fourth-order valence-corrected chi connectivity index (χ4v) is 5.51. The average Bonchev–Trinajstić information content (AvgIpc) is 3.66. The molecule has 1 aliphatic carbocycles. The van der Waals surface area contributed by atoms with Crippen LogP contribution in [0.15, 0.2) is 41.5 Å². The number of benzene rings is 2. The van der Waals surface area contributed by atoms with Gasteiger partial charge in [-0.3, -0.25) is 14.2 Å². The first-order valence-electron chi connectivity index (χ1n) is 12.1. The Bertz CT molecular complexity index is 1500. The predicted octanol–water partition coefficient (Wildman–Crippen LogP) is 4.86. The second-order valence-electron chi connectivity index (χ2n) is 9.92. The fourth-order valence-electron chi connectivity index (χ4n) is 4.49. The van der Waals surface area contributed by atoms with Gasteiger partial charge in [0, 0.05) is 30.3 Å². The van der Waals surface area contributed by atoms with Gasteiger partial charge in [-0.2, -0.15) is 0 Å². The number of hydrogen-bond donors (Lipinski definition) is 0. The maximum absolute atomic E-state index is 15.1. The highest BCUT2D eigenvalue weighted by atomic mass is 32.2. The van der Waals surface area contributed by atoms with Gasteiger partial charge in [-0.1, -0.05) is 31.9 Å². The Morgan fingerprint density at radius 2 is 1.83 bits per heavy atom. The maximum Gasteiger partial charge on any atom is 0.261 e. The van der Waals surface area contributed by atoms with Crippen molar-refractivity contribution >= 4 is 26.5 Å². The zero-order chi connectivity index (χ0) is 26.3. The standard InChI is InChI=1S/C27H30F2N2O4S/c1-4-25(32)27(2,36(3,34)35)11-12-31-16-30-24-15-20(23(29)14-21(24)26(31)33)19-10-9-18(13-22(19)28)8-7-17-5-6-17/h9-10,13-17H,4-8,11-12H2,1-3H3/t27-/m1/s1. The molecule has 192 valence electrons. The van der Waals surface area contributed by atoms with E-state index in [4.69, 9.17) is 0 Å². The van der Waals surface area contributed by atoms with Crippen LogP contribution in [0.2, 0.25) is 0 Å². The van der Waals surface area contributed by atoms with E-state index in [1.807, 2.05) is 0 Å². The number of fused-ring (bicyclic) bond motifs is 1.